The molecule has 1 aliphatic carbocycles. The van der Waals surface area contributed by atoms with E-state index >= 15 is 0 Å². The molecule has 0 saturated heterocycles. The molecule has 0 heterocycles. The Morgan fingerprint density at radius 1 is 0.776 bits per heavy atom. The van der Waals surface area contributed by atoms with Gasteiger partial charge in [-0.25, -0.2) is 0 Å². The molecule has 0 unspecified atom stereocenters. The summed E-state index contributed by atoms with van der Waals surface area (Å²) in [6.07, 6.45) is 29.9. The Bertz CT molecular complexity index is 1510. The van der Waals surface area contributed by atoms with Crippen molar-refractivity contribution < 1.29 is 5.11 Å². The minimum atomic E-state index is -0.112. The van der Waals surface area contributed by atoms with Gasteiger partial charge in [-0.1, -0.05) is 115 Å². The highest BCUT2D eigenvalue weighted by molar-refractivity contribution is 5.60. The van der Waals surface area contributed by atoms with Gasteiger partial charge in [0.05, 0.1) is 5.54 Å². The number of aryl methyl sites for hydroxylation is 1. The monoisotopic (exact) mass is 661 g/mol. The largest absolute Gasteiger partial charge is 0.508 e. The van der Waals surface area contributed by atoms with Crippen LogP contribution in [0.3, 0.4) is 0 Å². The van der Waals surface area contributed by atoms with E-state index in [-0.39, 0.29) is 11.0 Å². The molecule has 0 bridgehead atoms. The molecule has 49 heavy (non-hydrogen) atoms. The van der Waals surface area contributed by atoms with Crippen LogP contribution in [-0.4, -0.2) is 17.2 Å². The average Bonchev–Trinajstić information content (AvgIpc) is 3.09. The standard InChI is InChI=1S/C46H64N2O/c1-10-14-15-17-21-37(5)48(43-31-24-39(11-2)25-32-43)38(6)23-28-41(12-3)46(33-18-16-19-34-46)47(35-20-22-44(49)13-4)42-29-26-40(27-30-42)36-45(7,8)9/h10,13-15,17,20-32,49H,11-12,16,18-19,33-36H2,1-9H3/b14-10-,17-15-,22-20-,37-21+,38-23+,41-28+,44-13+. The zero-order valence-corrected chi connectivity index (χ0v) is 32.1. The predicted octanol–water partition coefficient (Wildman–Crippen LogP) is 13.1. The molecule has 1 fully saturated rings. The Labute approximate surface area is 299 Å². The van der Waals surface area contributed by atoms with Gasteiger partial charge in [0.2, 0.25) is 0 Å². The van der Waals surface area contributed by atoms with Crippen molar-refractivity contribution in [3.8, 4) is 0 Å². The molecule has 3 heteroatoms. The Hall–Kier alpha value is -3.98. The van der Waals surface area contributed by atoms with Gasteiger partial charge in [-0.05, 0) is 130 Å². The van der Waals surface area contributed by atoms with E-state index in [2.05, 4.69) is 149 Å². The molecule has 1 aliphatic rings. The van der Waals surface area contributed by atoms with Gasteiger partial charge in [0.15, 0.2) is 0 Å². The predicted molar refractivity (Wildman–Crippen MR) is 216 cm³/mol. The second kappa shape index (κ2) is 19.3. The summed E-state index contributed by atoms with van der Waals surface area (Å²) < 4.78 is 0. The zero-order chi connectivity index (χ0) is 35.9. The Morgan fingerprint density at radius 2 is 1.39 bits per heavy atom. The van der Waals surface area contributed by atoms with Crippen LogP contribution in [0.1, 0.15) is 112 Å². The lowest BCUT2D eigenvalue weighted by Crippen LogP contribution is -2.52. The summed E-state index contributed by atoms with van der Waals surface area (Å²) in [4.78, 5) is 4.99. The molecule has 0 spiro atoms. The second-order valence-electron chi connectivity index (χ2n) is 14.7. The van der Waals surface area contributed by atoms with Crippen molar-refractivity contribution in [2.24, 2.45) is 5.41 Å². The van der Waals surface area contributed by atoms with E-state index in [4.69, 9.17) is 0 Å². The summed E-state index contributed by atoms with van der Waals surface area (Å²) in [6.45, 7) is 20.5. The average molecular weight is 661 g/mol. The molecular weight excluding hydrogens is 597 g/mol. The number of hydrogen-bond acceptors (Lipinski definition) is 3. The van der Waals surface area contributed by atoms with Gasteiger partial charge in [-0.15, -0.1) is 0 Å². The summed E-state index contributed by atoms with van der Waals surface area (Å²) in [5.41, 5.74) is 9.07. The molecule has 264 valence electrons. The quantitative estimate of drug-likeness (QED) is 0.152. The van der Waals surface area contributed by atoms with Gasteiger partial charge >= 0.3 is 0 Å². The van der Waals surface area contributed by atoms with Crippen molar-refractivity contribution in [2.45, 2.75) is 119 Å². The molecule has 3 rings (SSSR count). The van der Waals surface area contributed by atoms with E-state index in [1.807, 2.05) is 26.0 Å². The number of anilines is 2. The van der Waals surface area contributed by atoms with Crippen LogP contribution < -0.4 is 9.80 Å². The number of hydrogen-bond donors (Lipinski definition) is 1. The van der Waals surface area contributed by atoms with E-state index in [1.165, 1.54) is 58.7 Å². The third-order valence-electron chi connectivity index (χ3n) is 9.62. The summed E-state index contributed by atoms with van der Waals surface area (Å²) in [6, 6.07) is 18.3. The van der Waals surface area contributed by atoms with E-state index in [1.54, 1.807) is 6.08 Å². The van der Waals surface area contributed by atoms with Crippen LogP contribution in [0, 0.1) is 5.41 Å². The highest BCUT2D eigenvalue weighted by Gasteiger charge is 2.40. The van der Waals surface area contributed by atoms with E-state index in [0.29, 0.717) is 5.76 Å². The molecule has 0 aliphatic heterocycles. The van der Waals surface area contributed by atoms with Crippen molar-refractivity contribution in [3.63, 3.8) is 0 Å². The van der Waals surface area contributed by atoms with Crippen molar-refractivity contribution >= 4 is 11.4 Å². The lowest BCUT2D eigenvalue weighted by atomic mass is 9.73. The molecule has 0 atom stereocenters. The van der Waals surface area contributed by atoms with Crippen molar-refractivity contribution in [3.05, 3.63) is 143 Å². The first-order valence-electron chi connectivity index (χ1n) is 18.6. The van der Waals surface area contributed by atoms with E-state index < -0.39 is 0 Å². The highest BCUT2D eigenvalue weighted by atomic mass is 16.3. The highest BCUT2D eigenvalue weighted by Crippen LogP contribution is 2.43. The van der Waals surface area contributed by atoms with Crippen molar-refractivity contribution in [2.75, 3.05) is 16.3 Å². The fourth-order valence-corrected chi connectivity index (χ4v) is 7.12. The number of benzene rings is 2. The minimum Gasteiger partial charge on any atom is -0.508 e. The normalized spacial score (nSPS) is 16.7. The van der Waals surface area contributed by atoms with Crippen LogP contribution in [0.5, 0.6) is 0 Å². The third-order valence-corrected chi connectivity index (χ3v) is 9.62. The molecule has 0 amide bonds. The Kier molecular flexibility index (Phi) is 15.5. The maximum Gasteiger partial charge on any atom is 0.111 e. The molecule has 1 N–H and O–H groups in total. The van der Waals surface area contributed by atoms with Gasteiger partial charge in [-0.3, -0.25) is 0 Å². The van der Waals surface area contributed by atoms with E-state index in [0.717, 1.165) is 38.6 Å². The van der Waals surface area contributed by atoms with Gasteiger partial charge in [0.1, 0.15) is 5.76 Å². The van der Waals surface area contributed by atoms with Gasteiger partial charge in [0.25, 0.3) is 0 Å². The summed E-state index contributed by atoms with van der Waals surface area (Å²) in [7, 11) is 0. The first-order chi connectivity index (χ1) is 23.5. The third kappa shape index (κ3) is 11.6. The number of aliphatic hydroxyl groups excluding tert-OH is 1. The SMILES string of the molecule is C\C=C/C=C\C=C(/C)N(/C(C)=C/C=C(\CC)C1(N(C/C=C\C(O)=C/C)c2ccc(CC(C)(C)C)cc2)CCCCC1)c1ccc(CC)cc1. The van der Waals surface area contributed by atoms with Crippen molar-refractivity contribution in [1.82, 2.24) is 0 Å². The molecule has 0 radical (unpaired) electrons. The number of allylic oxidation sites excluding steroid dienone is 11. The second-order valence-corrected chi connectivity index (χ2v) is 14.7. The van der Waals surface area contributed by atoms with Gasteiger partial charge < -0.3 is 14.9 Å². The molecule has 2 aromatic rings. The fourth-order valence-electron chi connectivity index (χ4n) is 7.12. The smallest absolute Gasteiger partial charge is 0.111 e. The topological polar surface area (TPSA) is 26.7 Å². The van der Waals surface area contributed by atoms with Crippen LogP contribution in [0.25, 0.3) is 0 Å². The van der Waals surface area contributed by atoms with Crippen LogP contribution >= 0.6 is 0 Å². The first-order valence-corrected chi connectivity index (χ1v) is 18.6. The fraction of sp³-hybridized carbons (Fsp3) is 0.435. The van der Waals surface area contributed by atoms with Gasteiger partial charge in [0, 0.05) is 29.3 Å². The maximum atomic E-state index is 10.3. The van der Waals surface area contributed by atoms with Crippen LogP contribution in [-0.2, 0) is 12.8 Å². The minimum absolute atomic E-state index is 0.112. The van der Waals surface area contributed by atoms with Crippen LogP contribution in [0.15, 0.2) is 132 Å². The number of aliphatic hydroxyl groups is 1. The molecule has 3 nitrogen and oxygen atoms in total. The molecule has 0 aromatic heterocycles. The zero-order valence-electron chi connectivity index (χ0n) is 32.1. The number of rotatable bonds is 15. The summed E-state index contributed by atoms with van der Waals surface area (Å²) >= 11 is 0. The van der Waals surface area contributed by atoms with Crippen LogP contribution in [0.4, 0.5) is 11.4 Å². The number of nitrogens with zero attached hydrogens (tertiary/aromatic N) is 2. The van der Waals surface area contributed by atoms with E-state index in [9.17, 15) is 5.11 Å². The Balaban J connectivity index is 2.15. The Morgan fingerprint density at radius 3 is 1.96 bits per heavy atom. The summed E-state index contributed by atoms with van der Waals surface area (Å²) in [5, 5.41) is 10.3. The molecule has 1 saturated carbocycles. The molecular formula is C46H64N2O. The lowest BCUT2D eigenvalue weighted by Gasteiger charge is -2.49. The van der Waals surface area contributed by atoms with Crippen molar-refractivity contribution in [1.29, 1.82) is 0 Å². The first kappa shape index (κ1) is 39.5. The summed E-state index contributed by atoms with van der Waals surface area (Å²) in [5.74, 6) is 0.305. The molecule has 2 aromatic carbocycles. The van der Waals surface area contributed by atoms with Crippen LogP contribution in [0.2, 0.25) is 0 Å². The van der Waals surface area contributed by atoms with Gasteiger partial charge in [-0.2, -0.15) is 0 Å². The lowest BCUT2D eigenvalue weighted by molar-refractivity contribution is 0.317. The maximum absolute atomic E-state index is 10.3.